The number of nitrogens with zero attached hydrogens (tertiary/aromatic N) is 1. The molecule has 6 heteroatoms. The minimum absolute atomic E-state index is 0.119. The maximum Gasteiger partial charge on any atom is 0.343 e. The monoisotopic (exact) mass is 289 g/mol. The van der Waals surface area contributed by atoms with Crippen LogP contribution in [0, 0.1) is 0 Å². The second kappa shape index (κ2) is 5.47. The molecule has 2 aliphatic heterocycles. The van der Waals surface area contributed by atoms with Crippen molar-refractivity contribution in [3.8, 4) is 11.5 Å². The van der Waals surface area contributed by atoms with Crippen LogP contribution < -0.4 is 9.47 Å². The fraction of sp³-hybridized carbons (Fsp3) is 0.333. The number of hydrogen-bond donors (Lipinski definition) is 1. The van der Waals surface area contributed by atoms with E-state index in [9.17, 15) is 9.90 Å². The summed E-state index contributed by atoms with van der Waals surface area (Å²) in [5.74, 6) is 0.410. The van der Waals surface area contributed by atoms with Crippen molar-refractivity contribution in [2.24, 2.45) is 4.99 Å². The molecule has 110 valence electrons. The van der Waals surface area contributed by atoms with Gasteiger partial charge in [0.15, 0.2) is 11.5 Å². The number of carbonyl (C=O) groups excluding carboxylic acids is 1. The number of aliphatic imine (C=N–C) groups is 1. The average Bonchev–Trinajstić information content (AvgIpc) is 3.17. The van der Waals surface area contributed by atoms with Crippen molar-refractivity contribution in [2.45, 2.75) is 12.8 Å². The molecule has 1 aromatic rings. The van der Waals surface area contributed by atoms with Crippen molar-refractivity contribution in [3.63, 3.8) is 0 Å². The molecule has 1 N–H and O–H groups in total. The van der Waals surface area contributed by atoms with E-state index in [1.165, 1.54) is 7.11 Å². The van der Waals surface area contributed by atoms with E-state index >= 15 is 0 Å². The second-order valence-corrected chi connectivity index (χ2v) is 4.72. The lowest BCUT2D eigenvalue weighted by atomic mass is 10.0. The van der Waals surface area contributed by atoms with Crippen molar-refractivity contribution < 1.29 is 24.1 Å². The van der Waals surface area contributed by atoms with E-state index in [4.69, 9.17) is 14.2 Å². The van der Waals surface area contributed by atoms with Crippen LogP contribution in [0.3, 0.4) is 0 Å². The highest BCUT2D eigenvalue weighted by Gasteiger charge is 2.25. The lowest BCUT2D eigenvalue weighted by Crippen LogP contribution is -2.15. The topological polar surface area (TPSA) is 77.4 Å². The maximum absolute atomic E-state index is 12.0. The van der Waals surface area contributed by atoms with E-state index < -0.39 is 5.97 Å². The zero-order chi connectivity index (χ0) is 14.8. The van der Waals surface area contributed by atoms with E-state index in [-0.39, 0.29) is 18.1 Å². The first-order valence-corrected chi connectivity index (χ1v) is 6.66. The summed E-state index contributed by atoms with van der Waals surface area (Å²) in [5, 5.41) is 10.5. The van der Waals surface area contributed by atoms with Crippen LogP contribution in [-0.4, -0.2) is 37.2 Å². The highest BCUT2D eigenvalue weighted by molar-refractivity contribution is 6.24. The van der Waals surface area contributed by atoms with Gasteiger partial charge >= 0.3 is 5.97 Å². The van der Waals surface area contributed by atoms with Crippen molar-refractivity contribution in [3.05, 3.63) is 29.3 Å². The molecule has 0 amide bonds. The molecule has 0 atom stereocenters. The van der Waals surface area contributed by atoms with E-state index in [1.54, 1.807) is 18.2 Å². The van der Waals surface area contributed by atoms with Gasteiger partial charge in [-0.3, -0.25) is 4.99 Å². The van der Waals surface area contributed by atoms with Gasteiger partial charge in [0.25, 0.3) is 0 Å². The summed E-state index contributed by atoms with van der Waals surface area (Å²) in [6.45, 7) is 0.810. The van der Waals surface area contributed by atoms with Crippen LogP contribution in [0.4, 0.5) is 0 Å². The number of hydrogen-bond acceptors (Lipinski definition) is 6. The SMILES string of the molecule is COC(=O)/C(C1=NCCC1)=C(/O)c1ccc2c(c1)OCO2. The van der Waals surface area contributed by atoms with Crippen LogP contribution in [-0.2, 0) is 9.53 Å². The van der Waals surface area contributed by atoms with Crippen molar-refractivity contribution in [1.29, 1.82) is 0 Å². The molecule has 2 aliphatic rings. The summed E-state index contributed by atoms with van der Waals surface area (Å²) in [6, 6.07) is 5.00. The summed E-state index contributed by atoms with van der Waals surface area (Å²) in [4.78, 5) is 16.2. The van der Waals surface area contributed by atoms with Gasteiger partial charge in [0.05, 0.1) is 12.8 Å². The highest BCUT2D eigenvalue weighted by atomic mass is 16.7. The Morgan fingerprint density at radius 1 is 1.33 bits per heavy atom. The zero-order valence-corrected chi connectivity index (χ0v) is 11.6. The van der Waals surface area contributed by atoms with Gasteiger partial charge in [-0.15, -0.1) is 0 Å². The third kappa shape index (κ3) is 2.44. The minimum Gasteiger partial charge on any atom is -0.506 e. The Labute approximate surface area is 121 Å². The minimum atomic E-state index is -0.592. The summed E-state index contributed by atoms with van der Waals surface area (Å²) < 4.78 is 15.3. The number of fused-ring (bicyclic) bond motifs is 1. The van der Waals surface area contributed by atoms with Gasteiger partial charge in [0, 0.05) is 12.1 Å². The molecule has 0 aromatic heterocycles. The largest absolute Gasteiger partial charge is 0.506 e. The van der Waals surface area contributed by atoms with E-state index in [1.807, 2.05) is 0 Å². The quantitative estimate of drug-likeness (QED) is 0.524. The Morgan fingerprint density at radius 2 is 2.14 bits per heavy atom. The van der Waals surface area contributed by atoms with Gasteiger partial charge in [0.1, 0.15) is 11.3 Å². The van der Waals surface area contributed by atoms with Crippen LogP contribution in [0.2, 0.25) is 0 Å². The number of rotatable bonds is 3. The first-order valence-electron chi connectivity index (χ1n) is 6.66. The van der Waals surface area contributed by atoms with Crippen LogP contribution >= 0.6 is 0 Å². The molecule has 0 saturated heterocycles. The number of aliphatic hydroxyl groups excluding tert-OH is 1. The Kier molecular flexibility index (Phi) is 3.51. The number of benzene rings is 1. The number of methoxy groups -OCH3 is 1. The fourth-order valence-corrected chi connectivity index (χ4v) is 2.39. The van der Waals surface area contributed by atoms with Gasteiger partial charge in [-0.25, -0.2) is 4.79 Å². The lowest BCUT2D eigenvalue weighted by Gasteiger charge is -2.10. The molecule has 0 unspecified atom stereocenters. The van der Waals surface area contributed by atoms with Crippen LogP contribution in [0.5, 0.6) is 11.5 Å². The predicted octanol–water partition coefficient (Wildman–Crippen LogP) is 2.09. The highest BCUT2D eigenvalue weighted by Crippen LogP contribution is 2.35. The third-order valence-corrected chi connectivity index (χ3v) is 3.44. The first-order chi connectivity index (χ1) is 10.2. The van der Waals surface area contributed by atoms with Crippen LogP contribution in [0.1, 0.15) is 18.4 Å². The Hall–Kier alpha value is -2.50. The molecular formula is C15H15NO5. The number of carbonyl (C=O) groups is 1. The first kappa shape index (κ1) is 13.5. The lowest BCUT2D eigenvalue weighted by molar-refractivity contribution is -0.135. The Bertz CT molecular complexity index is 647. The molecule has 2 heterocycles. The fourth-order valence-electron chi connectivity index (χ4n) is 2.39. The number of ether oxygens (including phenoxy) is 3. The molecule has 0 aliphatic carbocycles. The predicted molar refractivity (Wildman–Crippen MR) is 75.7 cm³/mol. The van der Waals surface area contributed by atoms with Gasteiger partial charge in [-0.2, -0.15) is 0 Å². The molecule has 0 saturated carbocycles. The van der Waals surface area contributed by atoms with Gasteiger partial charge in [0.2, 0.25) is 6.79 Å². The molecular weight excluding hydrogens is 274 g/mol. The molecule has 21 heavy (non-hydrogen) atoms. The second-order valence-electron chi connectivity index (χ2n) is 4.72. The zero-order valence-electron chi connectivity index (χ0n) is 11.6. The third-order valence-electron chi connectivity index (χ3n) is 3.44. The van der Waals surface area contributed by atoms with Gasteiger partial charge in [-0.1, -0.05) is 0 Å². The molecule has 0 spiro atoms. The Morgan fingerprint density at radius 3 is 2.86 bits per heavy atom. The van der Waals surface area contributed by atoms with Crippen molar-refractivity contribution in [1.82, 2.24) is 0 Å². The summed E-state index contributed by atoms with van der Waals surface area (Å²) in [6.07, 6.45) is 1.52. The van der Waals surface area contributed by atoms with Crippen molar-refractivity contribution in [2.75, 3.05) is 20.4 Å². The van der Waals surface area contributed by atoms with Gasteiger partial charge in [-0.05, 0) is 31.0 Å². The normalized spacial score (nSPS) is 17.3. The van der Waals surface area contributed by atoms with E-state index in [0.29, 0.717) is 35.7 Å². The molecule has 0 bridgehead atoms. The smallest absolute Gasteiger partial charge is 0.343 e. The number of aliphatic hydroxyl groups is 1. The van der Waals surface area contributed by atoms with E-state index in [2.05, 4.69) is 4.99 Å². The summed E-state index contributed by atoms with van der Waals surface area (Å²) in [5.41, 5.74) is 1.17. The Balaban J connectivity index is 2.05. The van der Waals surface area contributed by atoms with Crippen LogP contribution in [0.25, 0.3) is 5.76 Å². The molecule has 1 aromatic carbocycles. The van der Waals surface area contributed by atoms with Crippen LogP contribution in [0.15, 0.2) is 28.8 Å². The molecule has 0 fully saturated rings. The molecule has 3 rings (SSSR count). The standard InChI is InChI=1S/C15H15NO5/c1-19-15(18)13(10-3-2-6-16-10)14(17)9-4-5-11-12(7-9)21-8-20-11/h4-5,7,17H,2-3,6,8H2,1H3/b14-13+. The van der Waals surface area contributed by atoms with E-state index in [0.717, 1.165) is 6.42 Å². The molecule has 0 radical (unpaired) electrons. The maximum atomic E-state index is 12.0. The number of esters is 1. The molecule has 6 nitrogen and oxygen atoms in total. The average molecular weight is 289 g/mol. The van der Waals surface area contributed by atoms with Crippen molar-refractivity contribution >= 4 is 17.4 Å². The summed E-state index contributed by atoms with van der Waals surface area (Å²) >= 11 is 0. The summed E-state index contributed by atoms with van der Waals surface area (Å²) in [7, 11) is 1.28. The van der Waals surface area contributed by atoms with Gasteiger partial charge < -0.3 is 19.3 Å².